The summed E-state index contributed by atoms with van der Waals surface area (Å²) in [6.07, 6.45) is -1.88. The maximum absolute atomic E-state index is 15.4. The molecule has 202 valence electrons. The molecule has 1 rings (SSSR count). The molecule has 34 heavy (non-hydrogen) atoms. The molecule has 0 aromatic heterocycles. The largest absolute Gasteiger partial charge is 0.379 e. The van der Waals surface area contributed by atoms with E-state index in [1.165, 1.54) is 13.8 Å². The Morgan fingerprint density at radius 3 is 2.09 bits per heavy atom. The summed E-state index contributed by atoms with van der Waals surface area (Å²) in [5.74, 6) is -4.35. The lowest BCUT2D eigenvalue weighted by Crippen LogP contribution is -2.70. The molecule has 0 radical (unpaired) electrons. The minimum atomic E-state index is -3.83. The van der Waals surface area contributed by atoms with E-state index in [9.17, 15) is 9.90 Å². The number of carbonyl (C=O) groups is 1. The fourth-order valence-electron chi connectivity index (χ4n) is 3.78. The molecule has 0 aromatic carbocycles. The van der Waals surface area contributed by atoms with Crippen LogP contribution >= 0.6 is 0 Å². The number of nitrogens with one attached hydrogen (secondary N) is 1. The molecule has 0 aromatic rings. The Kier molecular flexibility index (Phi) is 15.3. The Labute approximate surface area is 203 Å². The zero-order valence-electron chi connectivity index (χ0n) is 21.4. The first kappa shape index (κ1) is 31.1. The molecule has 1 amide bonds. The summed E-state index contributed by atoms with van der Waals surface area (Å²) in [5.41, 5.74) is 0. The predicted octanol–water partition coefficient (Wildman–Crippen LogP) is 3.44. The van der Waals surface area contributed by atoms with Crippen LogP contribution in [0, 0.1) is 0 Å². The summed E-state index contributed by atoms with van der Waals surface area (Å²) in [6.45, 7) is 9.84. The molecule has 6 atom stereocenters. The second-order valence-corrected chi connectivity index (χ2v) is 8.61. The Hall–Kier alpha value is -0.910. The number of aliphatic hydroxyl groups is 1. The van der Waals surface area contributed by atoms with Crippen LogP contribution in [0.25, 0.3) is 0 Å². The molecule has 2 N–H and O–H groups in total. The number of halogens is 2. The van der Waals surface area contributed by atoms with E-state index in [1.807, 2.05) is 20.8 Å². The molecule has 1 heterocycles. The molecule has 1 saturated heterocycles. The van der Waals surface area contributed by atoms with E-state index in [0.717, 1.165) is 32.1 Å². The lowest BCUT2D eigenvalue weighted by atomic mass is 9.88. The third-order valence-corrected chi connectivity index (χ3v) is 5.64. The van der Waals surface area contributed by atoms with E-state index in [-0.39, 0.29) is 13.2 Å². The monoisotopic (exact) mass is 497 g/mol. The summed E-state index contributed by atoms with van der Waals surface area (Å²) < 4.78 is 59.4. The Morgan fingerprint density at radius 2 is 1.56 bits per heavy atom. The van der Waals surface area contributed by atoms with Gasteiger partial charge in [0.05, 0.1) is 12.6 Å². The molecule has 8 nitrogen and oxygen atoms in total. The molecule has 1 aliphatic rings. The van der Waals surface area contributed by atoms with Crippen molar-refractivity contribution >= 4 is 5.91 Å². The lowest BCUT2D eigenvalue weighted by Gasteiger charge is -2.48. The van der Waals surface area contributed by atoms with Gasteiger partial charge in [0.25, 0.3) is 0 Å². The second kappa shape index (κ2) is 16.7. The topological polar surface area (TPSA) is 95.5 Å². The maximum Gasteiger partial charge on any atom is 0.325 e. The third-order valence-electron chi connectivity index (χ3n) is 5.64. The van der Waals surface area contributed by atoms with Gasteiger partial charge >= 0.3 is 5.92 Å². The number of alkyl halides is 2. The van der Waals surface area contributed by atoms with Gasteiger partial charge in [-0.1, -0.05) is 40.0 Å². The highest BCUT2D eigenvalue weighted by atomic mass is 19.3. The van der Waals surface area contributed by atoms with Crippen molar-refractivity contribution < 1.29 is 42.4 Å². The van der Waals surface area contributed by atoms with Crippen LogP contribution < -0.4 is 5.32 Å². The minimum Gasteiger partial charge on any atom is -0.379 e. The van der Waals surface area contributed by atoms with E-state index in [4.69, 9.17) is 23.7 Å². The third kappa shape index (κ3) is 9.62. The first-order valence-corrected chi connectivity index (χ1v) is 12.6. The summed E-state index contributed by atoms with van der Waals surface area (Å²) in [6, 6.07) is -1.27. The van der Waals surface area contributed by atoms with Gasteiger partial charge in [0, 0.05) is 33.4 Å². The Morgan fingerprint density at radius 1 is 1.00 bits per heavy atom. The number of carbonyl (C=O) groups excluding carboxylic acids is 1. The van der Waals surface area contributed by atoms with Gasteiger partial charge < -0.3 is 34.1 Å². The normalized spacial score (nSPS) is 26.4. The van der Waals surface area contributed by atoms with Crippen LogP contribution in [0.15, 0.2) is 0 Å². The van der Waals surface area contributed by atoms with Gasteiger partial charge in [0.1, 0.15) is 24.4 Å². The van der Waals surface area contributed by atoms with Crippen molar-refractivity contribution in [3.8, 4) is 0 Å². The predicted molar refractivity (Wildman–Crippen MR) is 124 cm³/mol. The number of unbranched alkanes of at least 4 members (excludes halogenated alkanes) is 3. The van der Waals surface area contributed by atoms with Gasteiger partial charge in [-0.25, -0.2) is 0 Å². The van der Waals surface area contributed by atoms with Crippen molar-refractivity contribution in [3.05, 3.63) is 0 Å². The summed E-state index contributed by atoms with van der Waals surface area (Å²) in [4.78, 5) is 12.0. The summed E-state index contributed by atoms with van der Waals surface area (Å²) in [7, 11) is 0. The number of hydrogen-bond acceptors (Lipinski definition) is 7. The first-order chi connectivity index (χ1) is 16.2. The second-order valence-electron chi connectivity index (χ2n) is 8.61. The van der Waals surface area contributed by atoms with Crippen molar-refractivity contribution in [2.45, 2.75) is 116 Å². The number of ether oxygens (including phenoxy) is 5. The zero-order valence-corrected chi connectivity index (χ0v) is 21.4. The highest BCUT2D eigenvalue weighted by Crippen LogP contribution is 2.37. The summed E-state index contributed by atoms with van der Waals surface area (Å²) in [5, 5.41) is 12.7. The molecule has 1 unspecified atom stereocenters. The SMILES string of the molecule is CCCCOC[C@H]1O[C@H](C(F)(F)C(O)OCC)[C@H](NC(C)=O)[C@@H](OCCCC)[C@H]1OCCCC. The van der Waals surface area contributed by atoms with E-state index in [1.54, 1.807) is 0 Å². The quantitative estimate of drug-likeness (QED) is 0.221. The van der Waals surface area contributed by atoms with Crippen LogP contribution in [0.3, 0.4) is 0 Å². The number of rotatable bonds is 18. The van der Waals surface area contributed by atoms with Gasteiger partial charge in [-0.3, -0.25) is 4.79 Å². The highest BCUT2D eigenvalue weighted by molar-refractivity contribution is 5.73. The highest BCUT2D eigenvalue weighted by Gasteiger charge is 2.60. The van der Waals surface area contributed by atoms with Crippen molar-refractivity contribution in [3.63, 3.8) is 0 Å². The van der Waals surface area contributed by atoms with Crippen molar-refractivity contribution in [1.82, 2.24) is 5.32 Å². The molecule has 1 aliphatic heterocycles. The number of aliphatic hydroxyl groups excluding tert-OH is 1. The molecule has 0 bridgehead atoms. The van der Waals surface area contributed by atoms with Crippen LogP contribution in [0.5, 0.6) is 0 Å². The van der Waals surface area contributed by atoms with Crippen LogP contribution in [0.1, 0.15) is 73.1 Å². The fraction of sp³-hybridized carbons (Fsp3) is 0.958. The van der Waals surface area contributed by atoms with E-state index >= 15 is 8.78 Å². The average Bonchev–Trinajstić information content (AvgIpc) is 2.78. The van der Waals surface area contributed by atoms with Crippen molar-refractivity contribution in [2.24, 2.45) is 0 Å². The van der Waals surface area contributed by atoms with Gasteiger partial charge in [-0.15, -0.1) is 0 Å². The standard InChI is InChI=1S/C24H45F2NO7/c1-6-10-13-30-16-18-20(32-14-11-7-2)21(33-15-12-8-3)19(27-17(5)28)22(34-18)24(25,26)23(29)31-9-4/h18-23,29H,6-16H2,1-5H3,(H,27,28)/t18-,19-,20+,21-,22+,23?/m1/s1. The van der Waals surface area contributed by atoms with Crippen molar-refractivity contribution in [2.75, 3.05) is 33.0 Å². The number of hydrogen-bond donors (Lipinski definition) is 2. The minimum absolute atomic E-state index is 0.0224. The van der Waals surface area contributed by atoms with Crippen molar-refractivity contribution in [1.29, 1.82) is 0 Å². The molecule has 1 fully saturated rings. The Bertz CT molecular complexity index is 555. The lowest BCUT2D eigenvalue weighted by molar-refractivity contribution is -0.319. The molecule has 0 saturated carbocycles. The number of amides is 1. The molecule has 0 spiro atoms. The van der Waals surface area contributed by atoms with Crippen LogP contribution in [0.2, 0.25) is 0 Å². The summed E-state index contributed by atoms with van der Waals surface area (Å²) >= 11 is 0. The van der Waals surface area contributed by atoms with Crippen LogP contribution in [-0.4, -0.2) is 86.7 Å². The maximum atomic E-state index is 15.4. The van der Waals surface area contributed by atoms with Crippen LogP contribution in [-0.2, 0) is 28.5 Å². The average molecular weight is 498 g/mol. The van der Waals surface area contributed by atoms with Gasteiger partial charge in [-0.2, -0.15) is 8.78 Å². The van der Waals surface area contributed by atoms with Gasteiger partial charge in [0.2, 0.25) is 12.2 Å². The van der Waals surface area contributed by atoms with E-state index in [0.29, 0.717) is 26.2 Å². The molecule has 10 heteroatoms. The smallest absolute Gasteiger partial charge is 0.325 e. The van der Waals surface area contributed by atoms with E-state index in [2.05, 4.69) is 5.32 Å². The van der Waals surface area contributed by atoms with Crippen LogP contribution in [0.4, 0.5) is 8.78 Å². The molecular formula is C24H45F2NO7. The fourth-order valence-corrected chi connectivity index (χ4v) is 3.78. The first-order valence-electron chi connectivity index (χ1n) is 12.6. The molecule has 0 aliphatic carbocycles. The molecular weight excluding hydrogens is 452 g/mol. The zero-order chi connectivity index (χ0) is 25.6. The van der Waals surface area contributed by atoms with Gasteiger partial charge in [-0.05, 0) is 26.2 Å². The van der Waals surface area contributed by atoms with E-state index < -0.39 is 48.6 Å². The van der Waals surface area contributed by atoms with Gasteiger partial charge in [0.15, 0.2) is 0 Å². The Balaban J connectivity index is 3.34.